The molecule has 0 aliphatic carbocycles. The quantitative estimate of drug-likeness (QED) is 0.768. The first kappa shape index (κ1) is 11.1. The summed E-state index contributed by atoms with van der Waals surface area (Å²) in [6, 6.07) is 9.76. The zero-order valence-electron chi connectivity index (χ0n) is 8.83. The summed E-state index contributed by atoms with van der Waals surface area (Å²) in [4.78, 5) is 10.9. The summed E-state index contributed by atoms with van der Waals surface area (Å²) in [6.07, 6.45) is -0.968. The Kier molecular flexibility index (Phi) is 3.54. The number of aliphatic hydroxyl groups excluding tert-OH is 1. The van der Waals surface area contributed by atoms with Crippen LogP contribution in [-0.4, -0.2) is 29.9 Å². The Morgan fingerprint density at radius 3 is 2.75 bits per heavy atom. The van der Waals surface area contributed by atoms with Crippen molar-refractivity contribution in [2.24, 2.45) is 0 Å². The lowest BCUT2D eigenvalue weighted by molar-refractivity contribution is -0.149. The van der Waals surface area contributed by atoms with Crippen LogP contribution in [0.4, 0.5) is 0 Å². The van der Waals surface area contributed by atoms with E-state index >= 15 is 0 Å². The summed E-state index contributed by atoms with van der Waals surface area (Å²) in [5, 5.41) is 9.15. The van der Waals surface area contributed by atoms with E-state index in [1.54, 1.807) is 0 Å². The van der Waals surface area contributed by atoms with Crippen molar-refractivity contribution < 1.29 is 19.4 Å². The van der Waals surface area contributed by atoms with Gasteiger partial charge in [0.25, 0.3) is 0 Å². The predicted octanol–water partition coefficient (Wildman–Crippen LogP) is 0.880. The topological polar surface area (TPSA) is 55.8 Å². The van der Waals surface area contributed by atoms with E-state index in [1.807, 2.05) is 30.3 Å². The molecule has 1 aromatic carbocycles. The van der Waals surface area contributed by atoms with Crippen LogP contribution in [0.3, 0.4) is 0 Å². The van der Waals surface area contributed by atoms with E-state index in [9.17, 15) is 4.79 Å². The van der Waals surface area contributed by atoms with Crippen molar-refractivity contribution in [3.05, 3.63) is 35.9 Å². The van der Waals surface area contributed by atoms with E-state index in [2.05, 4.69) is 0 Å². The van der Waals surface area contributed by atoms with E-state index < -0.39 is 12.1 Å². The second-order valence-electron chi connectivity index (χ2n) is 3.81. The number of carbonyl (C=O) groups is 1. The van der Waals surface area contributed by atoms with Crippen LogP contribution in [0, 0.1) is 0 Å². The SMILES string of the molecule is O=C1O[C@H](COCc2ccccc2)C[C@H]1O. The van der Waals surface area contributed by atoms with E-state index in [4.69, 9.17) is 14.6 Å². The molecule has 1 aromatic rings. The number of aliphatic hydroxyl groups is 1. The minimum absolute atomic E-state index is 0.314. The summed E-state index contributed by atoms with van der Waals surface area (Å²) >= 11 is 0. The number of esters is 1. The third kappa shape index (κ3) is 2.81. The molecule has 2 atom stereocenters. The first-order valence-corrected chi connectivity index (χ1v) is 5.26. The Balaban J connectivity index is 1.71. The van der Waals surface area contributed by atoms with Crippen molar-refractivity contribution in [1.29, 1.82) is 0 Å². The number of cyclic esters (lactones) is 1. The third-order valence-corrected chi connectivity index (χ3v) is 2.46. The normalized spacial score (nSPS) is 24.4. The second kappa shape index (κ2) is 5.09. The summed E-state index contributed by atoms with van der Waals surface area (Å²) in [6.45, 7) is 0.822. The van der Waals surface area contributed by atoms with Gasteiger partial charge < -0.3 is 14.6 Å². The van der Waals surface area contributed by atoms with Gasteiger partial charge in [0.1, 0.15) is 6.10 Å². The van der Waals surface area contributed by atoms with Gasteiger partial charge in [-0.25, -0.2) is 4.79 Å². The highest BCUT2D eigenvalue weighted by atomic mass is 16.6. The summed E-state index contributed by atoms with van der Waals surface area (Å²) in [5.41, 5.74) is 1.08. The fraction of sp³-hybridized carbons (Fsp3) is 0.417. The minimum atomic E-state index is -0.981. The molecule has 0 bridgehead atoms. The largest absolute Gasteiger partial charge is 0.458 e. The van der Waals surface area contributed by atoms with Crippen LogP contribution in [0.15, 0.2) is 30.3 Å². The first-order valence-electron chi connectivity index (χ1n) is 5.26. The molecule has 4 heteroatoms. The number of hydrogen-bond donors (Lipinski definition) is 1. The van der Waals surface area contributed by atoms with Crippen molar-refractivity contribution in [2.45, 2.75) is 25.2 Å². The maximum Gasteiger partial charge on any atom is 0.335 e. The summed E-state index contributed by atoms with van der Waals surface area (Å²) in [7, 11) is 0. The third-order valence-electron chi connectivity index (χ3n) is 2.46. The van der Waals surface area contributed by atoms with Gasteiger partial charge in [-0.15, -0.1) is 0 Å². The lowest BCUT2D eigenvalue weighted by Gasteiger charge is -2.09. The van der Waals surface area contributed by atoms with E-state index in [1.165, 1.54) is 0 Å². The molecule has 0 amide bonds. The molecular weight excluding hydrogens is 208 g/mol. The molecule has 1 aliphatic heterocycles. The van der Waals surface area contributed by atoms with Crippen molar-refractivity contribution in [3.8, 4) is 0 Å². The van der Waals surface area contributed by atoms with Crippen molar-refractivity contribution in [1.82, 2.24) is 0 Å². The molecule has 16 heavy (non-hydrogen) atoms. The van der Waals surface area contributed by atoms with Crippen LogP contribution in [0.25, 0.3) is 0 Å². The molecule has 1 N–H and O–H groups in total. The zero-order chi connectivity index (χ0) is 11.4. The van der Waals surface area contributed by atoms with Crippen LogP contribution in [0.2, 0.25) is 0 Å². The molecule has 1 heterocycles. The van der Waals surface area contributed by atoms with Gasteiger partial charge in [0.15, 0.2) is 6.10 Å². The molecule has 0 radical (unpaired) electrons. The van der Waals surface area contributed by atoms with Crippen LogP contribution in [-0.2, 0) is 20.9 Å². The summed E-state index contributed by atoms with van der Waals surface area (Å²) in [5.74, 6) is -0.548. The molecule has 0 spiro atoms. The van der Waals surface area contributed by atoms with Crippen LogP contribution in [0.1, 0.15) is 12.0 Å². The van der Waals surface area contributed by atoms with Gasteiger partial charge in [-0.3, -0.25) is 0 Å². The molecule has 1 aliphatic rings. The number of carbonyl (C=O) groups excluding carboxylic acids is 1. The Morgan fingerprint density at radius 2 is 2.12 bits per heavy atom. The zero-order valence-corrected chi connectivity index (χ0v) is 8.83. The van der Waals surface area contributed by atoms with Gasteiger partial charge in [0, 0.05) is 6.42 Å². The highest BCUT2D eigenvalue weighted by Gasteiger charge is 2.32. The van der Waals surface area contributed by atoms with Crippen molar-refractivity contribution >= 4 is 5.97 Å². The van der Waals surface area contributed by atoms with Crippen LogP contribution in [0.5, 0.6) is 0 Å². The molecule has 0 unspecified atom stereocenters. The monoisotopic (exact) mass is 222 g/mol. The lowest BCUT2D eigenvalue weighted by atomic mass is 10.2. The average Bonchev–Trinajstić information content (AvgIpc) is 2.60. The number of rotatable bonds is 4. The second-order valence-corrected chi connectivity index (χ2v) is 3.81. The summed E-state index contributed by atoms with van der Waals surface area (Å²) < 4.78 is 10.3. The maximum absolute atomic E-state index is 10.9. The van der Waals surface area contributed by atoms with Gasteiger partial charge in [-0.05, 0) is 5.56 Å². The Morgan fingerprint density at radius 1 is 1.38 bits per heavy atom. The molecule has 86 valence electrons. The Bertz CT molecular complexity index is 349. The fourth-order valence-corrected chi connectivity index (χ4v) is 1.62. The average molecular weight is 222 g/mol. The van der Waals surface area contributed by atoms with Crippen molar-refractivity contribution in [2.75, 3.05) is 6.61 Å². The standard InChI is InChI=1S/C12H14O4/c13-11-6-10(16-12(11)14)8-15-7-9-4-2-1-3-5-9/h1-5,10-11,13H,6-8H2/t10-,11+/m0/s1. The molecule has 4 nitrogen and oxygen atoms in total. The highest BCUT2D eigenvalue weighted by Crippen LogP contribution is 2.15. The fourth-order valence-electron chi connectivity index (χ4n) is 1.62. The maximum atomic E-state index is 10.9. The molecule has 0 saturated carbocycles. The lowest BCUT2D eigenvalue weighted by Crippen LogP contribution is -2.14. The molecule has 1 fully saturated rings. The first-order chi connectivity index (χ1) is 7.75. The van der Waals surface area contributed by atoms with Gasteiger partial charge in [0.05, 0.1) is 13.2 Å². The Labute approximate surface area is 93.8 Å². The van der Waals surface area contributed by atoms with Gasteiger partial charge in [-0.2, -0.15) is 0 Å². The predicted molar refractivity (Wildman–Crippen MR) is 56.6 cm³/mol. The van der Waals surface area contributed by atoms with Gasteiger partial charge in [0.2, 0.25) is 0 Å². The van der Waals surface area contributed by atoms with E-state index in [-0.39, 0.29) is 6.10 Å². The van der Waals surface area contributed by atoms with Crippen LogP contribution >= 0.6 is 0 Å². The number of hydrogen-bond acceptors (Lipinski definition) is 4. The van der Waals surface area contributed by atoms with E-state index in [0.29, 0.717) is 19.6 Å². The van der Waals surface area contributed by atoms with Crippen molar-refractivity contribution in [3.63, 3.8) is 0 Å². The van der Waals surface area contributed by atoms with E-state index in [0.717, 1.165) is 5.56 Å². The van der Waals surface area contributed by atoms with Gasteiger partial charge in [-0.1, -0.05) is 30.3 Å². The van der Waals surface area contributed by atoms with Gasteiger partial charge >= 0.3 is 5.97 Å². The van der Waals surface area contributed by atoms with Crippen LogP contribution < -0.4 is 0 Å². The molecule has 0 aromatic heterocycles. The number of ether oxygens (including phenoxy) is 2. The Hall–Kier alpha value is -1.39. The smallest absolute Gasteiger partial charge is 0.335 e. The number of benzene rings is 1. The highest BCUT2D eigenvalue weighted by molar-refractivity contribution is 5.76. The molecule has 2 rings (SSSR count). The molecule has 1 saturated heterocycles. The minimum Gasteiger partial charge on any atom is -0.458 e. The molecular formula is C12H14O4.